The van der Waals surface area contributed by atoms with E-state index in [4.69, 9.17) is 13.8 Å². The van der Waals surface area contributed by atoms with E-state index in [-0.39, 0.29) is 12.8 Å². The van der Waals surface area contributed by atoms with Crippen LogP contribution in [0.15, 0.2) is 0 Å². The molecule has 0 aliphatic heterocycles. The number of phosphoric ester groups is 1. The minimum atomic E-state index is -4.76. The van der Waals surface area contributed by atoms with Crippen LogP contribution in [0.5, 0.6) is 0 Å². The summed E-state index contributed by atoms with van der Waals surface area (Å²) in [5.41, 5.74) is 0. The average molecular weight is 946 g/mol. The van der Waals surface area contributed by atoms with Gasteiger partial charge in [0.15, 0.2) is 6.04 Å². The van der Waals surface area contributed by atoms with Crippen LogP contribution in [0.2, 0.25) is 0 Å². The van der Waals surface area contributed by atoms with Crippen LogP contribution in [-0.4, -0.2) is 64.9 Å². The van der Waals surface area contributed by atoms with Crippen molar-refractivity contribution in [2.24, 2.45) is 0 Å². The molecule has 0 aliphatic rings. The standard InChI is InChI=1S/C53H104NO10P/c1-3-5-7-9-11-13-15-17-19-21-23-24-25-26-27-28-30-32-34-36-38-40-42-44-51(56)54-50(53(58)59)48-64-65(60,61)63-47-49(55)46-62-52(57)45-43-41-39-37-35-33-31-29-22-20-18-16-14-12-10-8-6-4-2/h49-50,55H,3-48H2,1-2H3,(H,54,56)(H,58,59)(H,60,61). The smallest absolute Gasteiger partial charge is 0.472 e. The minimum Gasteiger partial charge on any atom is -0.480 e. The zero-order valence-electron chi connectivity index (χ0n) is 42.3. The summed E-state index contributed by atoms with van der Waals surface area (Å²) in [4.78, 5) is 46.2. The zero-order chi connectivity index (χ0) is 47.7. The first-order chi connectivity index (χ1) is 31.6. The molecule has 65 heavy (non-hydrogen) atoms. The quantitative estimate of drug-likeness (QED) is 0.0262. The average Bonchev–Trinajstić information content (AvgIpc) is 3.28. The lowest BCUT2D eigenvalue weighted by atomic mass is 10.0. The lowest BCUT2D eigenvalue weighted by Gasteiger charge is -2.18. The fourth-order valence-electron chi connectivity index (χ4n) is 8.38. The molecule has 0 aromatic carbocycles. The van der Waals surface area contributed by atoms with E-state index in [2.05, 4.69) is 19.2 Å². The van der Waals surface area contributed by atoms with Crippen molar-refractivity contribution in [3.63, 3.8) is 0 Å². The number of amides is 1. The van der Waals surface area contributed by atoms with Crippen molar-refractivity contribution >= 4 is 25.7 Å². The van der Waals surface area contributed by atoms with Gasteiger partial charge in [0, 0.05) is 12.8 Å². The predicted molar refractivity (Wildman–Crippen MR) is 268 cm³/mol. The van der Waals surface area contributed by atoms with Crippen LogP contribution in [0.1, 0.15) is 290 Å². The van der Waals surface area contributed by atoms with E-state index < -0.39 is 57.6 Å². The van der Waals surface area contributed by atoms with Gasteiger partial charge in [-0.25, -0.2) is 9.36 Å². The molecule has 3 atom stereocenters. The molecule has 12 heteroatoms. The minimum absolute atomic E-state index is 0.153. The molecule has 3 unspecified atom stereocenters. The van der Waals surface area contributed by atoms with E-state index in [1.165, 1.54) is 212 Å². The number of hydrogen-bond acceptors (Lipinski definition) is 8. The van der Waals surface area contributed by atoms with Gasteiger partial charge in [0.1, 0.15) is 12.7 Å². The highest BCUT2D eigenvalue weighted by atomic mass is 31.2. The summed E-state index contributed by atoms with van der Waals surface area (Å²) in [7, 11) is -4.76. The summed E-state index contributed by atoms with van der Waals surface area (Å²) in [6.07, 6.45) is 51.3. The maximum atomic E-state index is 12.4. The van der Waals surface area contributed by atoms with Gasteiger partial charge in [-0.2, -0.15) is 0 Å². The summed E-state index contributed by atoms with van der Waals surface area (Å²) in [5, 5.41) is 22.0. The van der Waals surface area contributed by atoms with Crippen LogP contribution in [-0.2, 0) is 32.7 Å². The lowest BCUT2D eigenvalue weighted by molar-refractivity contribution is -0.147. The number of unbranched alkanes of at least 4 members (excludes halogenated alkanes) is 39. The Kier molecular flexibility index (Phi) is 47.8. The Balaban J connectivity index is 3.74. The van der Waals surface area contributed by atoms with E-state index in [0.29, 0.717) is 12.8 Å². The van der Waals surface area contributed by atoms with Crippen LogP contribution >= 0.6 is 7.82 Å². The van der Waals surface area contributed by atoms with Crippen LogP contribution in [0.3, 0.4) is 0 Å². The molecule has 0 aromatic rings. The fourth-order valence-corrected chi connectivity index (χ4v) is 9.15. The molecular weight excluding hydrogens is 842 g/mol. The van der Waals surface area contributed by atoms with Gasteiger partial charge >= 0.3 is 19.8 Å². The van der Waals surface area contributed by atoms with E-state index in [9.17, 15) is 34.1 Å². The highest BCUT2D eigenvalue weighted by Crippen LogP contribution is 2.43. The van der Waals surface area contributed by atoms with Gasteiger partial charge in [-0.1, -0.05) is 264 Å². The molecule has 11 nitrogen and oxygen atoms in total. The molecule has 0 bridgehead atoms. The molecule has 0 saturated carbocycles. The maximum Gasteiger partial charge on any atom is 0.472 e. The van der Waals surface area contributed by atoms with Gasteiger partial charge in [-0.3, -0.25) is 18.6 Å². The summed E-state index contributed by atoms with van der Waals surface area (Å²) in [5.74, 6) is -2.34. The van der Waals surface area contributed by atoms with Gasteiger partial charge in [-0.15, -0.1) is 0 Å². The van der Waals surface area contributed by atoms with Crippen LogP contribution < -0.4 is 5.32 Å². The zero-order valence-corrected chi connectivity index (χ0v) is 43.2. The molecule has 4 N–H and O–H groups in total. The number of carbonyl (C=O) groups excluding carboxylic acids is 2. The van der Waals surface area contributed by atoms with Crippen molar-refractivity contribution in [2.45, 2.75) is 302 Å². The highest BCUT2D eigenvalue weighted by molar-refractivity contribution is 7.47. The molecule has 0 aliphatic carbocycles. The van der Waals surface area contributed by atoms with Crippen LogP contribution in [0.25, 0.3) is 0 Å². The normalized spacial score (nSPS) is 13.4. The number of ether oxygens (including phenoxy) is 1. The SMILES string of the molecule is CCCCCCCCCCCCCCCCCCCCCCCCCC(=O)NC(COP(=O)(O)OCC(O)COC(=O)CCCCCCCCCCCCCCCCCCCC)C(=O)O. The summed E-state index contributed by atoms with van der Waals surface area (Å²) in [6, 6.07) is -1.54. The number of carboxylic acid groups (broad SMARTS) is 1. The Labute approximate surface area is 399 Å². The van der Waals surface area contributed by atoms with Crippen molar-refractivity contribution in [1.29, 1.82) is 0 Å². The Morgan fingerprint density at radius 2 is 0.708 bits per heavy atom. The number of hydrogen-bond donors (Lipinski definition) is 4. The van der Waals surface area contributed by atoms with Gasteiger partial charge in [0.2, 0.25) is 5.91 Å². The van der Waals surface area contributed by atoms with Crippen molar-refractivity contribution < 1.29 is 47.8 Å². The molecule has 0 spiro atoms. The predicted octanol–water partition coefficient (Wildman–Crippen LogP) is 15.4. The van der Waals surface area contributed by atoms with E-state index in [1.54, 1.807) is 0 Å². The van der Waals surface area contributed by atoms with Gasteiger partial charge in [0.05, 0.1) is 13.2 Å². The molecule has 386 valence electrons. The first-order valence-corrected chi connectivity index (χ1v) is 29.1. The lowest BCUT2D eigenvalue weighted by Crippen LogP contribution is -2.43. The Morgan fingerprint density at radius 3 is 1.02 bits per heavy atom. The van der Waals surface area contributed by atoms with Crippen molar-refractivity contribution in [3.05, 3.63) is 0 Å². The van der Waals surface area contributed by atoms with Crippen molar-refractivity contribution in [2.75, 3.05) is 19.8 Å². The third-order valence-corrected chi connectivity index (χ3v) is 13.6. The fraction of sp³-hybridized carbons (Fsp3) is 0.943. The third kappa shape index (κ3) is 48.7. The number of phosphoric acid groups is 1. The number of carbonyl (C=O) groups is 3. The molecular formula is C53H104NO10P. The van der Waals surface area contributed by atoms with E-state index >= 15 is 0 Å². The summed E-state index contributed by atoms with van der Waals surface area (Å²) < 4.78 is 27.0. The maximum absolute atomic E-state index is 12.4. The second-order valence-corrected chi connectivity index (χ2v) is 20.6. The molecule has 1 amide bonds. The Hall–Kier alpha value is -1.52. The number of esters is 1. The summed E-state index contributed by atoms with van der Waals surface area (Å²) >= 11 is 0. The molecule has 0 rings (SSSR count). The van der Waals surface area contributed by atoms with Gasteiger partial charge < -0.3 is 25.2 Å². The third-order valence-electron chi connectivity index (χ3n) is 12.6. The first kappa shape index (κ1) is 63.5. The van der Waals surface area contributed by atoms with Crippen molar-refractivity contribution in [3.8, 4) is 0 Å². The number of aliphatic hydroxyl groups excluding tert-OH is 1. The second kappa shape index (κ2) is 48.9. The number of carboxylic acids is 1. The highest BCUT2D eigenvalue weighted by Gasteiger charge is 2.28. The Morgan fingerprint density at radius 1 is 0.431 bits per heavy atom. The summed E-state index contributed by atoms with van der Waals surface area (Å²) in [6.45, 7) is 2.67. The number of nitrogens with one attached hydrogen (secondary N) is 1. The largest absolute Gasteiger partial charge is 0.480 e. The number of rotatable bonds is 53. The molecule has 0 radical (unpaired) electrons. The monoisotopic (exact) mass is 946 g/mol. The Bertz CT molecular complexity index is 1110. The number of aliphatic carboxylic acids is 1. The van der Waals surface area contributed by atoms with E-state index in [0.717, 1.165) is 38.5 Å². The van der Waals surface area contributed by atoms with E-state index in [1.807, 2.05) is 0 Å². The van der Waals surface area contributed by atoms with Crippen LogP contribution in [0, 0.1) is 0 Å². The van der Waals surface area contributed by atoms with Crippen molar-refractivity contribution in [1.82, 2.24) is 5.32 Å². The molecule has 0 aromatic heterocycles. The number of aliphatic hydroxyl groups is 1. The molecule has 0 fully saturated rings. The second-order valence-electron chi connectivity index (χ2n) is 19.1. The first-order valence-electron chi connectivity index (χ1n) is 27.6. The molecule has 0 saturated heterocycles. The van der Waals surface area contributed by atoms with Gasteiger partial charge in [-0.05, 0) is 12.8 Å². The van der Waals surface area contributed by atoms with Gasteiger partial charge in [0.25, 0.3) is 0 Å². The van der Waals surface area contributed by atoms with Crippen LogP contribution in [0.4, 0.5) is 0 Å². The molecule has 0 heterocycles. The topological polar surface area (TPSA) is 169 Å².